The predicted molar refractivity (Wildman–Crippen MR) is 111 cm³/mol. The molecule has 140 valence electrons. The van der Waals surface area contributed by atoms with Gasteiger partial charge in [-0.2, -0.15) is 0 Å². The summed E-state index contributed by atoms with van der Waals surface area (Å²) in [4.78, 5) is 9.82. The molecule has 3 rings (SSSR count). The Hall–Kier alpha value is -2.86. The predicted octanol–water partition coefficient (Wildman–Crippen LogP) is 3.90. The van der Waals surface area contributed by atoms with Gasteiger partial charge in [-0.3, -0.25) is 4.99 Å². The lowest BCUT2D eigenvalue weighted by molar-refractivity contribution is 0.306. The molecule has 1 aromatic heterocycles. The van der Waals surface area contributed by atoms with E-state index in [0.717, 1.165) is 22.3 Å². The second-order valence-corrected chi connectivity index (χ2v) is 7.38. The summed E-state index contributed by atoms with van der Waals surface area (Å²) < 4.78 is 5.77. The van der Waals surface area contributed by atoms with E-state index >= 15 is 0 Å². The van der Waals surface area contributed by atoms with E-state index in [1.54, 1.807) is 18.4 Å². The van der Waals surface area contributed by atoms with E-state index in [1.165, 1.54) is 10.4 Å². The van der Waals surface area contributed by atoms with E-state index in [1.807, 2.05) is 36.5 Å². The Kier molecular flexibility index (Phi) is 6.82. The fourth-order valence-electron chi connectivity index (χ4n) is 2.49. The molecule has 5 nitrogen and oxygen atoms in total. The zero-order valence-corrected chi connectivity index (χ0v) is 16.4. The van der Waals surface area contributed by atoms with Crippen LogP contribution in [0.25, 0.3) is 0 Å². The zero-order chi connectivity index (χ0) is 18.9. The van der Waals surface area contributed by atoms with E-state index in [2.05, 4.69) is 51.8 Å². The van der Waals surface area contributed by atoms with Crippen LogP contribution in [-0.4, -0.2) is 18.0 Å². The number of rotatable bonds is 7. The van der Waals surface area contributed by atoms with Crippen molar-refractivity contribution in [2.24, 2.45) is 4.99 Å². The molecule has 0 aliphatic rings. The van der Waals surface area contributed by atoms with Crippen molar-refractivity contribution in [1.82, 2.24) is 15.6 Å². The van der Waals surface area contributed by atoms with E-state index in [4.69, 9.17) is 4.74 Å². The maximum atomic E-state index is 5.77. The Bertz CT molecular complexity index is 859. The van der Waals surface area contributed by atoms with Gasteiger partial charge in [-0.05, 0) is 30.2 Å². The summed E-state index contributed by atoms with van der Waals surface area (Å²) in [6.07, 6.45) is 1.89. The van der Waals surface area contributed by atoms with Gasteiger partial charge >= 0.3 is 0 Å². The number of hydrogen-bond donors (Lipinski definition) is 2. The molecular formula is C21H24N4OS. The molecule has 0 unspecified atom stereocenters. The Morgan fingerprint density at radius 2 is 1.70 bits per heavy atom. The molecule has 0 saturated heterocycles. The fraction of sp³-hybridized carbons (Fsp3) is 0.238. The molecule has 0 saturated carbocycles. The molecule has 2 N–H and O–H groups in total. The molecule has 0 bridgehead atoms. The van der Waals surface area contributed by atoms with Crippen molar-refractivity contribution < 1.29 is 4.74 Å². The number of para-hydroxylation sites is 1. The molecule has 0 radical (unpaired) electrons. The smallest absolute Gasteiger partial charge is 0.191 e. The molecule has 0 aliphatic heterocycles. The topological polar surface area (TPSA) is 58.5 Å². The Morgan fingerprint density at radius 1 is 1.00 bits per heavy atom. The van der Waals surface area contributed by atoms with Crippen molar-refractivity contribution in [2.45, 2.75) is 26.6 Å². The lowest BCUT2D eigenvalue weighted by Gasteiger charge is -2.11. The largest absolute Gasteiger partial charge is 0.489 e. The van der Waals surface area contributed by atoms with Crippen LogP contribution in [-0.2, 0) is 19.7 Å². The van der Waals surface area contributed by atoms with Gasteiger partial charge in [-0.25, -0.2) is 4.98 Å². The third kappa shape index (κ3) is 6.11. The van der Waals surface area contributed by atoms with Crippen LogP contribution in [0.3, 0.4) is 0 Å². The maximum absolute atomic E-state index is 5.77. The quantitative estimate of drug-likeness (QED) is 0.482. The molecule has 0 aliphatic carbocycles. The van der Waals surface area contributed by atoms with Gasteiger partial charge < -0.3 is 15.4 Å². The summed E-state index contributed by atoms with van der Waals surface area (Å²) in [7, 11) is 1.77. The van der Waals surface area contributed by atoms with Crippen LogP contribution in [0.4, 0.5) is 0 Å². The Morgan fingerprint density at radius 3 is 2.37 bits per heavy atom. The molecule has 0 atom stereocenters. The van der Waals surface area contributed by atoms with Crippen LogP contribution in [0.1, 0.15) is 21.0 Å². The summed E-state index contributed by atoms with van der Waals surface area (Å²) in [5.74, 6) is 1.65. The number of nitrogens with one attached hydrogen (secondary N) is 2. The summed E-state index contributed by atoms with van der Waals surface area (Å²) in [5, 5.41) is 7.66. The molecule has 2 aromatic carbocycles. The van der Waals surface area contributed by atoms with Crippen LogP contribution in [0.15, 0.2) is 65.8 Å². The van der Waals surface area contributed by atoms with Crippen molar-refractivity contribution in [3.63, 3.8) is 0 Å². The fourth-order valence-corrected chi connectivity index (χ4v) is 3.21. The molecule has 0 spiro atoms. The van der Waals surface area contributed by atoms with Crippen LogP contribution in [0.5, 0.6) is 5.75 Å². The third-order valence-corrected chi connectivity index (χ3v) is 4.84. The van der Waals surface area contributed by atoms with Crippen molar-refractivity contribution in [2.75, 3.05) is 7.05 Å². The lowest BCUT2D eigenvalue weighted by Crippen LogP contribution is -2.36. The average Bonchev–Trinajstić information content (AvgIpc) is 3.13. The SMILES string of the molecule is CN=C(NCc1ccc(COc2ccccc2)cc1)NCc1ncc(C)s1. The average molecular weight is 381 g/mol. The first kappa shape index (κ1) is 18.9. The Labute approximate surface area is 164 Å². The number of guanidine groups is 1. The van der Waals surface area contributed by atoms with E-state index in [0.29, 0.717) is 19.7 Å². The molecule has 27 heavy (non-hydrogen) atoms. The van der Waals surface area contributed by atoms with Gasteiger partial charge in [0.2, 0.25) is 0 Å². The van der Waals surface area contributed by atoms with E-state index in [9.17, 15) is 0 Å². The van der Waals surface area contributed by atoms with Crippen LogP contribution >= 0.6 is 11.3 Å². The first-order valence-electron chi connectivity index (χ1n) is 8.84. The number of aryl methyl sites for hydroxylation is 1. The highest BCUT2D eigenvalue weighted by atomic mass is 32.1. The zero-order valence-electron chi connectivity index (χ0n) is 15.6. The summed E-state index contributed by atoms with van der Waals surface area (Å²) in [5.41, 5.74) is 2.33. The van der Waals surface area contributed by atoms with Gasteiger partial charge in [-0.15, -0.1) is 11.3 Å². The molecule has 6 heteroatoms. The highest BCUT2D eigenvalue weighted by Gasteiger charge is 2.02. The number of aliphatic imine (C=N–C) groups is 1. The highest BCUT2D eigenvalue weighted by Crippen LogP contribution is 2.12. The minimum atomic E-state index is 0.564. The molecule has 1 heterocycles. The second-order valence-electron chi connectivity index (χ2n) is 6.06. The number of thiazole rings is 1. The summed E-state index contributed by atoms with van der Waals surface area (Å²) >= 11 is 1.69. The lowest BCUT2D eigenvalue weighted by atomic mass is 10.1. The van der Waals surface area contributed by atoms with Crippen molar-refractivity contribution in [3.05, 3.63) is 81.8 Å². The minimum Gasteiger partial charge on any atom is -0.489 e. The van der Waals surface area contributed by atoms with Crippen molar-refractivity contribution in [1.29, 1.82) is 0 Å². The van der Waals surface area contributed by atoms with Crippen LogP contribution in [0.2, 0.25) is 0 Å². The number of aromatic nitrogens is 1. The molecule has 0 fully saturated rings. The number of nitrogens with zero attached hydrogens (tertiary/aromatic N) is 2. The molecule has 3 aromatic rings. The van der Waals surface area contributed by atoms with E-state index < -0.39 is 0 Å². The van der Waals surface area contributed by atoms with Gasteiger partial charge in [0.05, 0.1) is 6.54 Å². The number of benzene rings is 2. The normalized spacial score (nSPS) is 11.3. The third-order valence-electron chi connectivity index (χ3n) is 3.93. The molecular weight excluding hydrogens is 356 g/mol. The summed E-state index contributed by atoms with van der Waals surface area (Å²) in [6, 6.07) is 18.2. The first-order chi connectivity index (χ1) is 13.2. The highest BCUT2D eigenvalue weighted by molar-refractivity contribution is 7.11. The Balaban J connectivity index is 1.44. The van der Waals surface area contributed by atoms with Crippen molar-refractivity contribution in [3.8, 4) is 5.75 Å². The van der Waals surface area contributed by atoms with Crippen LogP contribution in [0, 0.1) is 6.92 Å². The summed E-state index contributed by atoms with van der Waals surface area (Å²) in [6.45, 7) is 4.00. The monoisotopic (exact) mass is 380 g/mol. The first-order valence-corrected chi connectivity index (χ1v) is 9.66. The van der Waals surface area contributed by atoms with Gasteiger partial charge in [0.15, 0.2) is 5.96 Å². The van der Waals surface area contributed by atoms with Crippen LogP contribution < -0.4 is 15.4 Å². The maximum Gasteiger partial charge on any atom is 0.191 e. The molecule has 0 amide bonds. The minimum absolute atomic E-state index is 0.564. The van der Waals surface area contributed by atoms with Crippen molar-refractivity contribution >= 4 is 17.3 Å². The van der Waals surface area contributed by atoms with Gasteiger partial charge in [0.1, 0.15) is 17.4 Å². The number of hydrogen-bond acceptors (Lipinski definition) is 4. The van der Waals surface area contributed by atoms with E-state index in [-0.39, 0.29) is 0 Å². The number of ether oxygens (including phenoxy) is 1. The van der Waals surface area contributed by atoms with Gasteiger partial charge in [0.25, 0.3) is 0 Å². The van der Waals surface area contributed by atoms with Gasteiger partial charge in [0, 0.05) is 24.7 Å². The standard InChI is InChI=1S/C21H24N4OS/c1-16-12-23-20(27-16)14-25-21(22-2)24-13-17-8-10-18(11-9-17)15-26-19-6-4-3-5-7-19/h3-12H,13-15H2,1-2H3,(H2,22,24,25). The van der Waals surface area contributed by atoms with Gasteiger partial charge in [-0.1, -0.05) is 42.5 Å². The second kappa shape index (κ2) is 9.73.